The summed E-state index contributed by atoms with van der Waals surface area (Å²) in [6, 6.07) is 5.49. The van der Waals surface area contributed by atoms with Crippen molar-refractivity contribution in [2.45, 2.75) is 18.3 Å². The molecular weight excluding hydrogens is 227 g/mol. The van der Waals surface area contributed by atoms with Crippen LogP contribution in [0.3, 0.4) is 0 Å². The molecule has 1 aromatic rings. The average molecular weight is 240 g/mol. The molecule has 0 bridgehead atoms. The number of rotatable bonds is 2. The van der Waals surface area contributed by atoms with Crippen LogP contribution in [-0.4, -0.2) is 40.2 Å². The Hall–Kier alpha value is -1.43. The summed E-state index contributed by atoms with van der Waals surface area (Å²) < 4.78 is 17.8. The molecule has 5 heteroatoms. The Morgan fingerprint density at radius 1 is 1.18 bits per heavy atom. The van der Waals surface area contributed by atoms with Crippen LogP contribution < -0.4 is 0 Å². The lowest BCUT2D eigenvalue weighted by Crippen LogP contribution is -2.44. The molecule has 1 aliphatic rings. The van der Waals surface area contributed by atoms with Gasteiger partial charge in [0.05, 0.1) is 12.9 Å². The quantitative estimate of drug-likeness (QED) is 0.694. The molecule has 4 nitrogen and oxygen atoms in total. The zero-order chi connectivity index (χ0) is 12.4. The van der Waals surface area contributed by atoms with E-state index < -0.39 is 18.3 Å². The minimum atomic E-state index is -1.20. The van der Waals surface area contributed by atoms with Crippen LogP contribution in [0.4, 0.5) is 4.39 Å². The van der Waals surface area contributed by atoms with Crippen molar-refractivity contribution in [1.82, 2.24) is 0 Å². The Balaban J connectivity index is 2.27. The second-order valence-electron chi connectivity index (χ2n) is 3.87. The Bertz CT molecular complexity index is 415. The zero-order valence-electron chi connectivity index (χ0n) is 8.95. The third kappa shape index (κ3) is 2.31. The van der Waals surface area contributed by atoms with Crippen molar-refractivity contribution >= 4 is 5.57 Å². The molecule has 2 rings (SSSR count). The van der Waals surface area contributed by atoms with Gasteiger partial charge in [-0.05, 0) is 17.7 Å². The SMILES string of the molecule is OC[C@H]1OC=C(c2ccc(F)cc2)[C@@H](O)[C@H]1O. The minimum Gasteiger partial charge on any atom is -0.492 e. The molecule has 1 aliphatic heterocycles. The van der Waals surface area contributed by atoms with Crippen molar-refractivity contribution in [3.05, 3.63) is 41.9 Å². The molecule has 0 aliphatic carbocycles. The van der Waals surface area contributed by atoms with Gasteiger partial charge >= 0.3 is 0 Å². The number of aliphatic hydroxyl groups is 3. The first-order chi connectivity index (χ1) is 8.13. The fourth-order valence-corrected chi connectivity index (χ4v) is 1.73. The van der Waals surface area contributed by atoms with Crippen LogP contribution in [0.1, 0.15) is 5.56 Å². The van der Waals surface area contributed by atoms with Gasteiger partial charge in [-0.3, -0.25) is 0 Å². The second kappa shape index (κ2) is 4.83. The molecule has 1 heterocycles. The van der Waals surface area contributed by atoms with Gasteiger partial charge in [-0.2, -0.15) is 0 Å². The Morgan fingerprint density at radius 2 is 1.82 bits per heavy atom. The lowest BCUT2D eigenvalue weighted by molar-refractivity contribution is -0.0758. The van der Waals surface area contributed by atoms with Crippen molar-refractivity contribution in [3.63, 3.8) is 0 Å². The summed E-state index contributed by atoms with van der Waals surface area (Å²) in [5.74, 6) is -0.380. The molecule has 92 valence electrons. The predicted octanol–water partition coefficient (Wildman–Crippen LogP) is 0.280. The highest BCUT2D eigenvalue weighted by Gasteiger charge is 2.34. The predicted molar refractivity (Wildman–Crippen MR) is 58.3 cm³/mol. The summed E-state index contributed by atoms with van der Waals surface area (Å²) in [5.41, 5.74) is 0.927. The molecule has 3 N–H and O–H groups in total. The van der Waals surface area contributed by atoms with Crippen LogP contribution in [0, 0.1) is 5.82 Å². The van der Waals surface area contributed by atoms with Crippen molar-refractivity contribution in [1.29, 1.82) is 0 Å². The maximum atomic E-state index is 12.7. The monoisotopic (exact) mass is 240 g/mol. The third-order valence-electron chi connectivity index (χ3n) is 2.75. The highest BCUT2D eigenvalue weighted by Crippen LogP contribution is 2.27. The minimum absolute atomic E-state index is 0.363. The molecule has 0 saturated heterocycles. The van der Waals surface area contributed by atoms with Crippen LogP contribution in [0.5, 0.6) is 0 Å². The summed E-state index contributed by atoms with van der Waals surface area (Å²) in [5, 5.41) is 28.4. The van der Waals surface area contributed by atoms with E-state index in [1.807, 2.05) is 0 Å². The van der Waals surface area contributed by atoms with Crippen molar-refractivity contribution < 1.29 is 24.4 Å². The van der Waals surface area contributed by atoms with Gasteiger partial charge in [0, 0.05) is 5.57 Å². The second-order valence-corrected chi connectivity index (χ2v) is 3.87. The maximum absolute atomic E-state index is 12.7. The lowest BCUT2D eigenvalue weighted by atomic mass is 9.94. The van der Waals surface area contributed by atoms with Crippen LogP contribution in [0.15, 0.2) is 30.5 Å². The van der Waals surface area contributed by atoms with E-state index >= 15 is 0 Å². The summed E-state index contributed by atoms with van der Waals surface area (Å²) in [4.78, 5) is 0. The van der Waals surface area contributed by atoms with E-state index in [0.717, 1.165) is 0 Å². The summed E-state index contributed by atoms with van der Waals surface area (Å²) in [7, 11) is 0. The van der Waals surface area contributed by atoms with Crippen molar-refractivity contribution in [3.8, 4) is 0 Å². The normalized spacial score (nSPS) is 28.5. The molecule has 0 saturated carbocycles. The Kier molecular flexibility index (Phi) is 3.42. The first kappa shape index (κ1) is 12.0. The van der Waals surface area contributed by atoms with E-state index in [-0.39, 0.29) is 12.4 Å². The smallest absolute Gasteiger partial charge is 0.149 e. The summed E-state index contributed by atoms with van der Waals surface area (Å²) >= 11 is 0. The number of hydrogen-bond donors (Lipinski definition) is 3. The molecule has 17 heavy (non-hydrogen) atoms. The molecule has 0 fully saturated rings. The van der Waals surface area contributed by atoms with Crippen LogP contribution in [0.25, 0.3) is 5.57 Å². The standard InChI is InChI=1S/C12H13FO4/c13-8-3-1-7(2-4-8)9-6-17-10(5-14)12(16)11(9)15/h1-4,6,10-12,14-16H,5H2/t10-,11-,12+/m1/s1. The van der Waals surface area contributed by atoms with Gasteiger partial charge in [0.2, 0.25) is 0 Å². The Labute approximate surface area is 97.6 Å². The van der Waals surface area contributed by atoms with E-state index in [1.54, 1.807) is 0 Å². The van der Waals surface area contributed by atoms with Crippen LogP contribution in [0.2, 0.25) is 0 Å². The first-order valence-corrected chi connectivity index (χ1v) is 5.22. The summed E-state index contributed by atoms with van der Waals surface area (Å²) in [6.07, 6.45) is -1.92. The van der Waals surface area contributed by atoms with Crippen LogP contribution in [-0.2, 0) is 4.74 Å². The molecule has 0 aromatic heterocycles. The largest absolute Gasteiger partial charge is 0.492 e. The highest BCUT2D eigenvalue weighted by atomic mass is 19.1. The van der Waals surface area contributed by atoms with Crippen molar-refractivity contribution in [2.24, 2.45) is 0 Å². The van der Waals surface area contributed by atoms with E-state index in [4.69, 9.17) is 9.84 Å². The fraction of sp³-hybridized carbons (Fsp3) is 0.333. The highest BCUT2D eigenvalue weighted by molar-refractivity contribution is 5.69. The Morgan fingerprint density at radius 3 is 2.41 bits per heavy atom. The molecule has 0 unspecified atom stereocenters. The van der Waals surface area contributed by atoms with Gasteiger partial charge in [-0.1, -0.05) is 12.1 Å². The topological polar surface area (TPSA) is 69.9 Å². The third-order valence-corrected chi connectivity index (χ3v) is 2.75. The maximum Gasteiger partial charge on any atom is 0.149 e. The van der Waals surface area contributed by atoms with E-state index in [0.29, 0.717) is 11.1 Å². The molecule has 0 spiro atoms. The molecule has 3 atom stereocenters. The van der Waals surface area contributed by atoms with Gasteiger partial charge < -0.3 is 20.1 Å². The van der Waals surface area contributed by atoms with E-state index in [1.165, 1.54) is 30.5 Å². The van der Waals surface area contributed by atoms with E-state index in [9.17, 15) is 14.6 Å². The summed E-state index contributed by atoms with van der Waals surface area (Å²) in [6.45, 7) is -0.384. The molecule has 0 radical (unpaired) electrons. The number of hydrogen-bond acceptors (Lipinski definition) is 4. The van der Waals surface area contributed by atoms with Gasteiger partial charge in [0.25, 0.3) is 0 Å². The number of aliphatic hydroxyl groups excluding tert-OH is 3. The van der Waals surface area contributed by atoms with Crippen LogP contribution >= 0.6 is 0 Å². The number of ether oxygens (including phenoxy) is 1. The average Bonchev–Trinajstić information content (AvgIpc) is 2.34. The number of halogens is 1. The molecule has 1 aromatic carbocycles. The lowest BCUT2D eigenvalue weighted by Gasteiger charge is -2.31. The zero-order valence-corrected chi connectivity index (χ0v) is 8.95. The van der Waals surface area contributed by atoms with Gasteiger partial charge in [0.1, 0.15) is 24.1 Å². The number of benzene rings is 1. The molecule has 0 amide bonds. The van der Waals surface area contributed by atoms with E-state index in [2.05, 4.69) is 0 Å². The molecular formula is C12H13FO4. The fourth-order valence-electron chi connectivity index (χ4n) is 1.73. The van der Waals surface area contributed by atoms with Gasteiger partial charge in [-0.25, -0.2) is 4.39 Å². The van der Waals surface area contributed by atoms with Gasteiger partial charge in [0.15, 0.2) is 0 Å². The van der Waals surface area contributed by atoms with Gasteiger partial charge in [-0.15, -0.1) is 0 Å². The first-order valence-electron chi connectivity index (χ1n) is 5.22. The van der Waals surface area contributed by atoms with Crippen molar-refractivity contribution in [2.75, 3.05) is 6.61 Å².